The quantitative estimate of drug-likeness (QED) is 0.800. The standard InChI is InChI=1S/C12H13Cl2N3/c1-7-4-10(7)17-11(2-3-13)16-9-5-8(14)6-15-12(9)17/h5-7,10H,2-4H2,1H3. The number of hydrogen-bond donors (Lipinski definition) is 0. The summed E-state index contributed by atoms with van der Waals surface area (Å²) in [7, 11) is 0. The summed E-state index contributed by atoms with van der Waals surface area (Å²) in [6.45, 7) is 2.25. The molecule has 2 unspecified atom stereocenters. The highest BCUT2D eigenvalue weighted by molar-refractivity contribution is 6.31. The van der Waals surface area contributed by atoms with Crippen LogP contribution in [0.3, 0.4) is 0 Å². The second-order valence-electron chi connectivity index (χ2n) is 4.61. The molecule has 0 N–H and O–H groups in total. The zero-order chi connectivity index (χ0) is 12.0. The molecule has 0 aromatic carbocycles. The van der Waals surface area contributed by atoms with E-state index in [0.29, 0.717) is 22.9 Å². The monoisotopic (exact) mass is 269 g/mol. The van der Waals surface area contributed by atoms with Crippen LogP contribution in [0.15, 0.2) is 12.3 Å². The second-order valence-corrected chi connectivity index (χ2v) is 5.43. The van der Waals surface area contributed by atoms with Gasteiger partial charge in [0.25, 0.3) is 0 Å². The Kier molecular flexibility index (Phi) is 2.75. The average Bonchev–Trinajstić information content (AvgIpc) is 2.88. The molecule has 2 atom stereocenters. The van der Waals surface area contributed by atoms with Gasteiger partial charge in [-0.15, -0.1) is 11.6 Å². The van der Waals surface area contributed by atoms with Crippen molar-refractivity contribution in [2.75, 3.05) is 5.88 Å². The van der Waals surface area contributed by atoms with Gasteiger partial charge in [0.1, 0.15) is 11.3 Å². The molecule has 0 radical (unpaired) electrons. The number of hydrogen-bond acceptors (Lipinski definition) is 2. The van der Waals surface area contributed by atoms with Crippen LogP contribution in [-0.2, 0) is 6.42 Å². The number of rotatable bonds is 3. The van der Waals surface area contributed by atoms with Gasteiger partial charge in [0.2, 0.25) is 0 Å². The van der Waals surface area contributed by atoms with E-state index in [2.05, 4.69) is 21.5 Å². The lowest BCUT2D eigenvalue weighted by molar-refractivity contribution is 0.660. The van der Waals surface area contributed by atoms with Crippen LogP contribution < -0.4 is 0 Å². The first-order valence-electron chi connectivity index (χ1n) is 5.79. The van der Waals surface area contributed by atoms with E-state index in [0.717, 1.165) is 23.4 Å². The number of aromatic nitrogens is 3. The van der Waals surface area contributed by atoms with E-state index in [4.69, 9.17) is 23.2 Å². The van der Waals surface area contributed by atoms with E-state index in [-0.39, 0.29) is 0 Å². The summed E-state index contributed by atoms with van der Waals surface area (Å²) < 4.78 is 2.23. The minimum absolute atomic E-state index is 0.534. The van der Waals surface area contributed by atoms with Gasteiger partial charge in [-0.2, -0.15) is 0 Å². The van der Waals surface area contributed by atoms with Crippen molar-refractivity contribution < 1.29 is 0 Å². The molecule has 0 amide bonds. The topological polar surface area (TPSA) is 30.7 Å². The average molecular weight is 270 g/mol. The van der Waals surface area contributed by atoms with Gasteiger partial charge in [0.15, 0.2) is 5.65 Å². The Labute approximate surface area is 110 Å². The number of alkyl halides is 1. The number of halogens is 2. The minimum Gasteiger partial charge on any atom is -0.309 e. The fraction of sp³-hybridized carbons (Fsp3) is 0.500. The fourth-order valence-electron chi connectivity index (χ4n) is 2.28. The number of pyridine rings is 1. The maximum Gasteiger partial charge on any atom is 0.160 e. The van der Waals surface area contributed by atoms with Gasteiger partial charge in [-0.05, 0) is 18.4 Å². The van der Waals surface area contributed by atoms with Crippen molar-refractivity contribution in [2.24, 2.45) is 5.92 Å². The molecule has 2 aromatic rings. The molecule has 1 fully saturated rings. The number of aryl methyl sites for hydroxylation is 1. The minimum atomic E-state index is 0.534. The molecule has 2 aromatic heterocycles. The lowest BCUT2D eigenvalue weighted by Crippen LogP contribution is -2.04. The second kappa shape index (κ2) is 4.14. The maximum atomic E-state index is 5.94. The Hall–Kier alpha value is -0.800. The van der Waals surface area contributed by atoms with Crippen LogP contribution in [0.1, 0.15) is 25.2 Å². The Bertz CT molecular complexity index is 564. The number of nitrogens with zero attached hydrogens (tertiary/aromatic N) is 3. The van der Waals surface area contributed by atoms with Crippen LogP contribution >= 0.6 is 23.2 Å². The van der Waals surface area contributed by atoms with Gasteiger partial charge in [0.05, 0.1) is 5.02 Å². The highest BCUT2D eigenvalue weighted by Gasteiger charge is 2.37. The van der Waals surface area contributed by atoms with Crippen molar-refractivity contribution in [3.05, 3.63) is 23.1 Å². The molecule has 5 heteroatoms. The Morgan fingerprint density at radius 3 is 2.94 bits per heavy atom. The Balaban J connectivity index is 2.17. The van der Waals surface area contributed by atoms with E-state index in [9.17, 15) is 0 Å². The lowest BCUT2D eigenvalue weighted by atomic mass is 10.4. The molecule has 0 saturated heterocycles. The summed E-state index contributed by atoms with van der Waals surface area (Å²) >= 11 is 11.8. The smallest absolute Gasteiger partial charge is 0.160 e. The van der Waals surface area contributed by atoms with Crippen LogP contribution in [0.4, 0.5) is 0 Å². The third kappa shape index (κ3) is 1.91. The zero-order valence-corrected chi connectivity index (χ0v) is 11.0. The summed E-state index contributed by atoms with van der Waals surface area (Å²) in [4.78, 5) is 9.00. The SMILES string of the molecule is CC1CC1n1c(CCCl)nc2cc(Cl)cnc21. The van der Waals surface area contributed by atoms with Crippen molar-refractivity contribution in [3.8, 4) is 0 Å². The summed E-state index contributed by atoms with van der Waals surface area (Å²) in [5.41, 5.74) is 1.81. The van der Waals surface area contributed by atoms with Crippen LogP contribution in [0, 0.1) is 5.92 Å². The van der Waals surface area contributed by atoms with Gasteiger partial charge >= 0.3 is 0 Å². The molecule has 0 bridgehead atoms. The van der Waals surface area contributed by atoms with Crippen LogP contribution in [0.5, 0.6) is 0 Å². The fourth-order valence-corrected chi connectivity index (χ4v) is 2.60. The first-order valence-corrected chi connectivity index (χ1v) is 6.70. The van der Waals surface area contributed by atoms with Crippen LogP contribution in [0.25, 0.3) is 11.2 Å². The van der Waals surface area contributed by atoms with E-state index in [1.54, 1.807) is 6.20 Å². The van der Waals surface area contributed by atoms with Gasteiger partial charge in [-0.3, -0.25) is 0 Å². The molecular weight excluding hydrogens is 257 g/mol. The number of imidazole rings is 1. The molecule has 17 heavy (non-hydrogen) atoms. The van der Waals surface area contributed by atoms with Crippen LogP contribution in [0.2, 0.25) is 5.02 Å². The van der Waals surface area contributed by atoms with E-state index >= 15 is 0 Å². The van der Waals surface area contributed by atoms with Crippen molar-refractivity contribution in [1.29, 1.82) is 0 Å². The molecule has 0 spiro atoms. The van der Waals surface area contributed by atoms with E-state index in [1.165, 1.54) is 6.42 Å². The molecule has 3 rings (SSSR count). The molecular formula is C12H13Cl2N3. The predicted molar refractivity (Wildman–Crippen MR) is 69.8 cm³/mol. The van der Waals surface area contributed by atoms with Crippen molar-refractivity contribution in [2.45, 2.75) is 25.8 Å². The van der Waals surface area contributed by atoms with E-state index < -0.39 is 0 Å². The summed E-state index contributed by atoms with van der Waals surface area (Å²) in [6, 6.07) is 2.40. The maximum absolute atomic E-state index is 5.94. The summed E-state index contributed by atoms with van der Waals surface area (Å²) in [5.74, 6) is 2.32. The van der Waals surface area contributed by atoms with Crippen molar-refractivity contribution in [1.82, 2.24) is 14.5 Å². The molecule has 1 saturated carbocycles. The van der Waals surface area contributed by atoms with Gasteiger partial charge < -0.3 is 4.57 Å². The molecule has 2 heterocycles. The molecule has 3 nitrogen and oxygen atoms in total. The Morgan fingerprint density at radius 2 is 2.29 bits per heavy atom. The van der Waals surface area contributed by atoms with E-state index in [1.807, 2.05) is 6.07 Å². The van der Waals surface area contributed by atoms with Crippen LogP contribution in [-0.4, -0.2) is 20.4 Å². The summed E-state index contributed by atoms with van der Waals surface area (Å²) in [6.07, 6.45) is 3.66. The third-order valence-corrected chi connectivity index (χ3v) is 3.68. The normalized spacial score (nSPS) is 23.2. The van der Waals surface area contributed by atoms with Crippen molar-refractivity contribution in [3.63, 3.8) is 0 Å². The number of fused-ring (bicyclic) bond motifs is 1. The van der Waals surface area contributed by atoms with Gasteiger partial charge in [-0.1, -0.05) is 18.5 Å². The zero-order valence-electron chi connectivity index (χ0n) is 9.53. The van der Waals surface area contributed by atoms with Crippen molar-refractivity contribution >= 4 is 34.4 Å². The third-order valence-electron chi connectivity index (χ3n) is 3.29. The first kappa shape index (κ1) is 11.3. The molecule has 90 valence electrons. The summed E-state index contributed by atoms with van der Waals surface area (Å²) in [5, 5.41) is 0.628. The van der Waals surface area contributed by atoms with Gasteiger partial charge in [0, 0.05) is 24.5 Å². The lowest BCUT2D eigenvalue weighted by Gasteiger charge is -2.06. The molecule has 0 aliphatic heterocycles. The highest BCUT2D eigenvalue weighted by atomic mass is 35.5. The Morgan fingerprint density at radius 1 is 1.53 bits per heavy atom. The molecule has 1 aliphatic rings. The highest BCUT2D eigenvalue weighted by Crippen LogP contribution is 2.45. The van der Waals surface area contributed by atoms with Gasteiger partial charge in [-0.25, -0.2) is 9.97 Å². The molecule has 1 aliphatic carbocycles. The predicted octanol–water partition coefficient (Wildman–Crippen LogP) is 3.45. The first-order chi connectivity index (χ1) is 8.20. The largest absolute Gasteiger partial charge is 0.309 e.